The van der Waals surface area contributed by atoms with Crippen LogP contribution in [0.1, 0.15) is 38.3 Å². The van der Waals surface area contributed by atoms with Gasteiger partial charge in [0.2, 0.25) is 0 Å². The van der Waals surface area contributed by atoms with Gasteiger partial charge in [0.05, 0.1) is 11.1 Å². The van der Waals surface area contributed by atoms with Crippen molar-refractivity contribution in [1.29, 1.82) is 5.26 Å². The second-order valence-corrected chi connectivity index (χ2v) is 6.22. The van der Waals surface area contributed by atoms with Crippen molar-refractivity contribution in [2.24, 2.45) is 0 Å². The molecule has 1 aliphatic carbocycles. The maximum Gasteiger partial charge on any atom is 0.259 e. The van der Waals surface area contributed by atoms with E-state index in [0.29, 0.717) is 10.6 Å². The minimum absolute atomic E-state index is 0.00181. The van der Waals surface area contributed by atoms with Crippen molar-refractivity contribution in [1.82, 2.24) is 0 Å². The highest BCUT2D eigenvalue weighted by molar-refractivity contribution is 7.16. The Labute approximate surface area is 126 Å². The summed E-state index contributed by atoms with van der Waals surface area (Å²) in [6.45, 7) is 1.77. The molecule has 21 heavy (non-hydrogen) atoms. The summed E-state index contributed by atoms with van der Waals surface area (Å²) in [5.41, 5.74) is 2.34. The molecular weight excluding hydrogens is 287 g/mol. The van der Waals surface area contributed by atoms with Gasteiger partial charge in [-0.2, -0.15) is 5.26 Å². The van der Waals surface area contributed by atoms with Gasteiger partial charge in [0.15, 0.2) is 0 Å². The van der Waals surface area contributed by atoms with Gasteiger partial charge >= 0.3 is 0 Å². The van der Waals surface area contributed by atoms with Crippen LogP contribution in [0.5, 0.6) is 0 Å². The van der Waals surface area contributed by atoms with Crippen LogP contribution in [0, 0.1) is 24.1 Å². The molecule has 1 amide bonds. The number of carbonyl (C=O) groups excluding carboxylic acids is 1. The number of rotatable bonds is 2. The van der Waals surface area contributed by atoms with Crippen molar-refractivity contribution in [3.05, 3.63) is 51.1 Å². The zero-order valence-corrected chi connectivity index (χ0v) is 12.3. The lowest BCUT2D eigenvalue weighted by Gasteiger charge is -2.06. The standard InChI is InChI=1S/C16H13FN2OS/c1-9-5-6-11(13(17)7-9)15(20)19-16-12(8-18)10-3-2-4-14(10)21-16/h5-7H,2-4H2,1H3,(H,19,20). The largest absolute Gasteiger partial charge is 0.312 e. The second-order valence-electron chi connectivity index (χ2n) is 5.11. The highest BCUT2D eigenvalue weighted by Crippen LogP contribution is 2.38. The van der Waals surface area contributed by atoms with E-state index in [1.54, 1.807) is 13.0 Å². The molecule has 0 fully saturated rings. The summed E-state index contributed by atoms with van der Waals surface area (Å²) in [5.74, 6) is -1.06. The summed E-state index contributed by atoms with van der Waals surface area (Å²) in [5, 5.41) is 12.5. The van der Waals surface area contributed by atoms with Crippen molar-refractivity contribution >= 4 is 22.2 Å². The van der Waals surface area contributed by atoms with Gasteiger partial charge in [0.25, 0.3) is 5.91 Å². The molecule has 0 unspecified atom stereocenters. The molecular formula is C16H13FN2OS. The molecule has 0 spiro atoms. The molecule has 1 aromatic heterocycles. The third-order valence-electron chi connectivity index (χ3n) is 3.63. The van der Waals surface area contributed by atoms with Gasteiger partial charge in [0.1, 0.15) is 16.9 Å². The first-order valence-electron chi connectivity index (χ1n) is 6.72. The Balaban J connectivity index is 1.91. The maximum atomic E-state index is 13.8. The number of carbonyl (C=O) groups is 1. The van der Waals surface area contributed by atoms with Crippen LogP contribution >= 0.6 is 11.3 Å². The van der Waals surface area contributed by atoms with Crippen molar-refractivity contribution in [3.8, 4) is 6.07 Å². The SMILES string of the molecule is Cc1ccc(C(=O)Nc2sc3c(c2C#N)CCC3)c(F)c1. The summed E-state index contributed by atoms with van der Waals surface area (Å²) in [4.78, 5) is 13.3. The highest BCUT2D eigenvalue weighted by atomic mass is 32.1. The smallest absolute Gasteiger partial charge is 0.259 e. The third kappa shape index (κ3) is 2.43. The quantitative estimate of drug-likeness (QED) is 0.917. The first-order chi connectivity index (χ1) is 10.1. The molecule has 1 N–H and O–H groups in total. The topological polar surface area (TPSA) is 52.9 Å². The molecule has 106 valence electrons. The van der Waals surface area contributed by atoms with Crippen molar-refractivity contribution in [2.75, 3.05) is 5.32 Å². The van der Waals surface area contributed by atoms with Crippen LogP contribution in [0.4, 0.5) is 9.39 Å². The summed E-state index contributed by atoms with van der Waals surface area (Å²) >= 11 is 1.43. The molecule has 0 aliphatic heterocycles. The molecule has 0 radical (unpaired) electrons. The number of nitrogens with one attached hydrogen (secondary N) is 1. The number of amides is 1. The number of nitriles is 1. The minimum atomic E-state index is -0.546. The Morgan fingerprint density at radius 2 is 2.24 bits per heavy atom. The summed E-state index contributed by atoms with van der Waals surface area (Å²) < 4.78 is 13.8. The molecule has 5 heteroatoms. The number of thiophene rings is 1. The van der Waals surface area contributed by atoms with E-state index >= 15 is 0 Å². The number of nitrogens with zero attached hydrogens (tertiary/aromatic N) is 1. The van der Waals surface area contributed by atoms with Gasteiger partial charge in [-0.25, -0.2) is 4.39 Å². The Morgan fingerprint density at radius 3 is 2.95 bits per heavy atom. The van der Waals surface area contributed by atoms with Crippen LogP contribution in [0.25, 0.3) is 0 Å². The van der Waals surface area contributed by atoms with Gasteiger partial charge in [0, 0.05) is 4.88 Å². The Bertz CT molecular complexity index is 773. The molecule has 1 aliphatic rings. The van der Waals surface area contributed by atoms with E-state index in [1.807, 2.05) is 0 Å². The molecule has 2 aromatic rings. The lowest BCUT2D eigenvalue weighted by atomic mass is 10.1. The van der Waals surface area contributed by atoms with E-state index in [2.05, 4.69) is 11.4 Å². The van der Waals surface area contributed by atoms with Gasteiger partial charge in [-0.15, -0.1) is 11.3 Å². The fourth-order valence-electron chi connectivity index (χ4n) is 2.59. The van der Waals surface area contributed by atoms with Crippen molar-refractivity contribution in [3.63, 3.8) is 0 Å². The summed E-state index contributed by atoms with van der Waals surface area (Å²) in [7, 11) is 0. The van der Waals surface area contributed by atoms with Gasteiger partial charge in [-0.1, -0.05) is 6.07 Å². The lowest BCUT2D eigenvalue weighted by Crippen LogP contribution is -2.13. The average Bonchev–Trinajstić information content (AvgIpc) is 2.98. The molecule has 1 aromatic carbocycles. The molecule has 0 atom stereocenters. The molecule has 1 heterocycles. The predicted molar refractivity (Wildman–Crippen MR) is 80.1 cm³/mol. The van der Waals surface area contributed by atoms with E-state index in [0.717, 1.165) is 35.3 Å². The fraction of sp³-hybridized carbons (Fsp3) is 0.250. The monoisotopic (exact) mass is 300 g/mol. The fourth-order valence-corrected chi connectivity index (χ4v) is 3.82. The van der Waals surface area contributed by atoms with Gasteiger partial charge < -0.3 is 5.32 Å². The minimum Gasteiger partial charge on any atom is -0.312 e. The number of halogens is 1. The zero-order chi connectivity index (χ0) is 15.0. The van der Waals surface area contributed by atoms with Crippen molar-refractivity contribution < 1.29 is 9.18 Å². The van der Waals surface area contributed by atoms with E-state index in [9.17, 15) is 14.4 Å². The number of fused-ring (bicyclic) bond motifs is 1. The van der Waals surface area contributed by atoms with E-state index in [4.69, 9.17) is 0 Å². The van der Waals surface area contributed by atoms with Crippen LogP contribution in [-0.2, 0) is 12.8 Å². The van der Waals surface area contributed by atoms with Gasteiger partial charge in [-0.05, 0) is 49.4 Å². The first-order valence-corrected chi connectivity index (χ1v) is 7.54. The summed E-state index contributed by atoms with van der Waals surface area (Å²) in [6, 6.07) is 6.64. The number of hydrogen-bond acceptors (Lipinski definition) is 3. The molecule has 0 bridgehead atoms. The van der Waals surface area contributed by atoms with E-state index in [1.165, 1.54) is 23.5 Å². The number of benzene rings is 1. The Kier molecular flexibility index (Phi) is 3.48. The van der Waals surface area contributed by atoms with Crippen LogP contribution in [0.2, 0.25) is 0 Å². The van der Waals surface area contributed by atoms with E-state index in [-0.39, 0.29) is 5.56 Å². The molecule has 0 saturated carbocycles. The third-order valence-corrected chi connectivity index (χ3v) is 4.84. The molecule has 3 nitrogen and oxygen atoms in total. The second kappa shape index (κ2) is 5.30. The van der Waals surface area contributed by atoms with Crippen LogP contribution in [0.15, 0.2) is 18.2 Å². The Morgan fingerprint density at radius 1 is 1.43 bits per heavy atom. The van der Waals surface area contributed by atoms with Crippen LogP contribution in [0.3, 0.4) is 0 Å². The molecule has 3 rings (SSSR count). The summed E-state index contributed by atoms with van der Waals surface area (Å²) in [6.07, 6.45) is 2.88. The van der Waals surface area contributed by atoms with E-state index < -0.39 is 11.7 Å². The number of anilines is 1. The van der Waals surface area contributed by atoms with Gasteiger partial charge in [-0.3, -0.25) is 4.79 Å². The average molecular weight is 300 g/mol. The predicted octanol–water partition coefficient (Wildman–Crippen LogP) is 3.81. The molecule has 0 saturated heterocycles. The lowest BCUT2D eigenvalue weighted by molar-refractivity contribution is 0.102. The number of aryl methyl sites for hydroxylation is 2. The van der Waals surface area contributed by atoms with Crippen molar-refractivity contribution in [2.45, 2.75) is 26.2 Å². The normalized spacial score (nSPS) is 12.8. The zero-order valence-electron chi connectivity index (χ0n) is 11.5. The maximum absolute atomic E-state index is 13.8. The Hall–Kier alpha value is -2.19. The first kappa shape index (κ1) is 13.8. The number of hydrogen-bond donors (Lipinski definition) is 1. The highest BCUT2D eigenvalue weighted by Gasteiger charge is 2.23. The van der Waals surface area contributed by atoms with Crippen LogP contribution < -0.4 is 5.32 Å². The van der Waals surface area contributed by atoms with Crippen LogP contribution in [-0.4, -0.2) is 5.91 Å².